The Kier molecular flexibility index (Phi) is 7.05. The molecule has 0 aliphatic heterocycles. The molecule has 0 aliphatic rings. The molecule has 0 fully saturated rings. The van der Waals surface area contributed by atoms with Gasteiger partial charge < -0.3 is 14.6 Å². The van der Waals surface area contributed by atoms with E-state index < -0.39 is 0 Å². The van der Waals surface area contributed by atoms with Gasteiger partial charge in [-0.15, -0.1) is 11.3 Å². The molecule has 1 aromatic carbocycles. The number of rotatable bonds is 8. The van der Waals surface area contributed by atoms with E-state index >= 15 is 0 Å². The van der Waals surface area contributed by atoms with Crippen molar-refractivity contribution in [1.29, 1.82) is 0 Å². The van der Waals surface area contributed by atoms with Crippen LogP contribution in [0.15, 0.2) is 51.0 Å². The summed E-state index contributed by atoms with van der Waals surface area (Å²) >= 11 is 3.05. The standard InChI is InChI=1S/C20H20FN3O3S2/c1-13-11-28-20(23-13)29-12-16-7-17(25)18(27-2)9-24(16)10-19(26)22-8-14-3-5-15(21)6-4-14/h3-7,9,11H,8,10,12H2,1-2H3,(H,22,26). The number of pyridine rings is 1. The van der Waals surface area contributed by atoms with Crippen LogP contribution in [0.4, 0.5) is 4.39 Å². The van der Waals surface area contributed by atoms with Crippen LogP contribution in [-0.2, 0) is 23.6 Å². The Labute approximate surface area is 175 Å². The molecule has 3 aromatic rings. The molecule has 0 unspecified atom stereocenters. The Balaban J connectivity index is 1.70. The van der Waals surface area contributed by atoms with E-state index in [2.05, 4.69) is 10.3 Å². The fourth-order valence-electron chi connectivity index (χ4n) is 2.57. The van der Waals surface area contributed by atoms with Gasteiger partial charge in [-0.25, -0.2) is 9.37 Å². The summed E-state index contributed by atoms with van der Waals surface area (Å²) in [6.07, 6.45) is 1.54. The second kappa shape index (κ2) is 9.71. The topological polar surface area (TPSA) is 73.2 Å². The van der Waals surface area contributed by atoms with Crippen LogP contribution < -0.4 is 15.5 Å². The summed E-state index contributed by atoms with van der Waals surface area (Å²) in [5, 5.41) is 4.77. The molecule has 0 saturated carbocycles. The van der Waals surface area contributed by atoms with E-state index in [4.69, 9.17) is 4.74 Å². The van der Waals surface area contributed by atoms with Gasteiger partial charge in [0.2, 0.25) is 11.3 Å². The maximum atomic E-state index is 13.0. The first-order valence-corrected chi connectivity index (χ1v) is 10.6. The molecule has 0 radical (unpaired) electrons. The van der Waals surface area contributed by atoms with E-state index in [0.29, 0.717) is 18.0 Å². The molecule has 3 rings (SSSR count). The molecule has 0 bridgehead atoms. The number of methoxy groups -OCH3 is 1. The highest BCUT2D eigenvalue weighted by molar-refractivity contribution is 8.00. The van der Waals surface area contributed by atoms with Crippen molar-refractivity contribution in [3.63, 3.8) is 0 Å². The van der Waals surface area contributed by atoms with Gasteiger partial charge in [0, 0.05) is 35.1 Å². The molecule has 152 valence electrons. The number of benzene rings is 1. The molecular weight excluding hydrogens is 413 g/mol. The maximum Gasteiger partial charge on any atom is 0.240 e. The minimum Gasteiger partial charge on any atom is -0.491 e. The highest BCUT2D eigenvalue weighted by atomic mass is 32.2. The maximum absolute atomic E-state index is 13.0. The summed E-state index contributed by atoms with van der Waals surface area (Å²) in [7, 11) is 1.42. The van der Waals surface area contributed by atoms with Crippen molar-refractivity contribution >= 4 is 29.0 Å². The van der Waals surface area contributed by atoms with Crippen LogP contribution in [0.1, 0.15) is 17.0 Å². The zero-order chi connectivity index (χ0) is 20.8. The van der Waals surface area contributed by atoms with Gasteiger partial charge in [0.05, 0.1) is 13.3 Å². The number of amides is 1. The first kappa shape index (κ1) is 21.1. The number of hydrogen-bond donors (Lipinski definition) is 1. The molecule has 29 heavy (non-hydrogen) atoms. The van der Waals surface area contributed by atoms with Crippen molar-refractivity contribution in [3.8, 4) is 5.75 Å². The molecule has 0 aliphatic carbocycles. The van der Waals surface area contributed by atoms with E-state index in [9.17, 15) is 14.0 Å². The van der Waals surface area contributed by atoms with Crippen LogP contribution in [0.5, 0.6) is 5.75 Å². The molecule has 2 aromatic heterocycles. The lowest BCUT2D eigenvalue weighted by atomic mass is 10.2. The Bertz CT molecular complexity index is 1050. The monoisotopic (exact) mass is 433 g/mol. The predicted molar refractivity (Wildman–Crippen MR) is 112 cm³/mol. The Morgan fingerprint density at radius 3 is 2.76 bits per heavy atom. The first-order chi connectivity index (χ1) is 13.9. The Morgan fingerprint density at radius 2 is 2.10 bits per heavy atom. The Morgan fingerprint density at radius 1 is 1.34 bits per heavy atom. The van der Waals surface area contributed by atoms with Crippen molar-refractivity contribution < 1.29 is 13.9 Å². The lowest BCUT2D eigenvalue weighted by molar-refractivity contribution is -0.121. The minimum atomic E-state index is -0.321. The largest absolute Gasteiger partial charge is 0.491 e. The molecule has 6 nitrogen and oxygen atoms in total. The number of aryl methyl sites for hydroxylation is 1. The van der Waals surface area contributed by atoms with Crippen molar-refractivity contribution in [1.82, 2.24) is 14.9 Å². The Hall–Kier alpha value is -2.65. The number of nitrogens with zero attached hydrogens (tertiary/aromatic N) is 2. The summed E-state index contributed by atoms with van der Waals surface area (Å²) in [6, 6.07) is 7.43. The van der Waals surface area contributed by atoms with E-state index in [1.165, 1.54) is 37.1 Å². The third-order valence-corrected chi connectivity index (χ3v) is 6.23. The summed E-state index contributed by atoms with van der Waals surface area (Å²) in [4.78, 5) is 29.0. The average molecular weight is 434 g/mol. The number of thioether (sulfide) groups is 1. The summed E-state index contributed by atoms with van der Waals surface area (Å²) in [5.41, 5.74) is 2.21. The fraction of sp³-hybridized carbons (Fsp3) is 0.250. The van der Waals surface area contributed by atoms with Gasteiger partial charge in [-0.1, -0.05) is 23.9 Å². The second-order valence-corrected chi connectivity index (χ2v) is 8.35. The second-order valence-electron chi connectivity index (χ2n) is 6.27. The lowest BCUT2D eigenvalue weighted by Crippen LogP contribution is -2.28. The minimum absolute atomic E-state index is 0.0324. The van der Waals surface area contributed by atoms with Crippen molar-refractivity contribution in [2.24, 2.45) is 0 Å². The number of nitrogens with one attached hydrogen (secondary N) is 1. The van der Waals surface area contributed by atoms with Crippen LogP contribution in [0.25, 0.3) is 0 Å². The van der Waals surface area contributed by atoms with Crippen molar-refractivity contribution in [3.05, 3.63) is 74.9 Å². The third-order valence-electron chi connectivity index (χ3n) is 4.06. The average Bonchev–Trinajstić information content (AvgIpc) is 3.12. The quantitative estimate of drug-likeness (QED) is 0.552. The summed E-state index contributed by atoms with van der Waals surface area (Å²) in [5.74, 6) is 0.127. The van der Waals surface area contributed by atoms with Gasteiger partial charge in [-0.3, -0.25) is 9.59 Å². The molecule has 9 heteroatoms. The number of carbonyl (C=O) groups excluding carboxylic acids is 1. The predicted octanol–water partition coefficient (Wildman–Crippen LogP) is 3.37. The van der Waals surface area contributed by atoms with E-state index in [0.717, 1.165) is 15.6 Å². The molecular formula is C20H20FN3O3S2. The van der Waals surface area contributed by atoms with E-state index in [-0.39, 0.29) is 29.4 Å². The van der Waals surface area contributed by atoms with Gasteiger partial charge in [-0.2, -0.15) is 0 Å². The molecule has 1 N–H and O–H groups in total. The van der Waals surface area contributed by atoms with E-state index in [1.807, 2.05) is 12.3 Å². The molecule has 0 atom stereocenters. The number of carbonyl (C=O) groups is 1. The van der Waals surface area contributed by atoms with E-state index in [1.54, 1.807) is 34.2 Å². The number of hydrogen-bond acceptors (Lipinski definition) is 6. The molecule has 1 amide bonds. The van der Waals surface area contributed by atoms with Crippen LogP contribution >= 0.6 is 23.1 Å². The lowest BCUT2D eigenvalue weighted by Gasteiger charge is -2.14. The summed E-state index contributed by atoms with van der Waals surface area (Å²) in [6.45, 7) is 2.25. The van der Waals surface area contributed by atoms with Crippen molar-refractivity contribution in [2.75, 3.05) is 7.11 Å². The van der Waals surface area contributed by atoms with Crippen molar-refractivity contribution in [2.45, 2.75) is 30.1 Å². The van der Waals surface area contributed by atoms with Crippen LogP contribution in [0.3, 0.4) is 0 Å². The highest BCUT2D eigenvalue weighted by Gasteiger charge is 2.12. The summed E-state index contributed by atoms with van der Waals surface area (Å²) < 4.78 is 20.7. The fourth-order valence-corrected chi connectivity index (χ4v) is 4.41. The van der Waals surface area contributed by atoms with Gasteiger partial charge in [0.1, 0.15) is 16.7 Å². The van der Waals surface area contributed by atoms with Crippen LogP contribution in [0.2, 0.25) is 0 Å². The molecule has 0 saturated heterocycles. The number of halogens is 1. The third kappa shape index (κ3) is 5.91. The number of aromatic nitrogens is 2. The molecule has 0 spiro atoms. The SMILES string of the molecule is COc1cn(CC(=O)NCc2ccc(F)cc2)c(CSc2nc(C)cs2)cc1=O. The van der Waals surface area contributed by atoms with Gasteiger partial charge in [0.25, 0.3) is 0 Å². The highest BCUT2D eigenvalue weighted by Crippen LogP contribution is 2.26. The normalized spacial score (nSPS) is 10.7. The zero-order valence-electron chi connectivity index (χ0n) is 16.0. The number of thiazole rings is 1. The van der Waals surface area contributed by atoms with Gasteiger partial charge >= 0.3 is 0 Å². The number of ether oxygens (including phenoxy) is 1. The van der Waals surface area contributed by atoms with Crippen LogP contribution in [0, 0.1) is 12.7 Å². The van der Waals surface area contributed by atoms with Gasteiger partial charge in [-0.05, 0) is 24.6 Å². The van der Waals surface area contributed by atoms with Gasteiger partial charge in [0.15, 0.2) is 5.75 Å². The zero-order valence-corrected chi connectivity index (χ0v) is 17.6. The smallest absolute Gasteiger partial charge is 0.240 e. The molecule has 2 heterocycles. The van der Waals surface area contributed by atoms with Crippen LogP contribution in [-0.4, -0.2) is 22.6 Å². The first-order valence-electron chi connectivity index (χ1n) is 8.78.